The monoisotopic (exact) mass is 300 g/mol. The highest BCUT2D eigenvalue weighted by atomic mass is 35.5. The second-order valence-electron chi connectivity index (χ2n) is 4.17. The van der Waals surface area contributed by atoms with E-state index in [0.29, 0.717) is 15.7 Å². The molecule has 0 spiro atoms. The molecule has 1 aromatic carbocycles. The Labute approximate surface area is 121 Å². The summed E-state index contributed by atoms with van der Waals surface area (Å²) < 4.78 is 4.62. The number of benzene rings is 1. The molecule has 102 valence electrons. The van der Waals surface area contributed by atoms with Crippen LogP contribution in [0.3, 0.4) is 0 Å². The largest absolute Gasteiger partial charge is 0.453 e. The molecule has 1 aliphatic rings. The van der Waals surface area contributed by atoms with Gasteiger partial charge in [-0.1, -0.05) is 30.1 Å². The first kappa shape index (κ1) is 14.0. The van der Waals surface area contributed by atoms with Crippen LogP contribution in [-0.2, 0) is 4.74 Å². The quantitative estimate of drug-likeness (QED) is 0.871. The summed E-state index contributed by atoms with van der Waals surface area (Å²) in [5, 5.41) is 7.02. The lowest BCUT2D eigenvalue weighted by atomic mass is 10.0. The van der Waals surface area contributed by atoms with Crippen LogP contribution in [0.1, 0.15) is 18.9 Å². The van der Waals surface area contributed by atoms with Crippen LogP contribution in [0.15, 0.2) is 18.2 Å². The SMILES string of the molecule is CC[C@H]1C=C(NC(=O)OC)c2c(Cl)cc(Cl)cc2N1. The average Bonchev–Trinajstić information content (AvgIpc) is 2.37. The number of amides is 1. The van der Waals surface area contributed by atoms with Gasteiger partial charge in [-0.3, -0.25) is 5.32 Å². The van der Waals surface area contributed by atoms with E-state index in [1.165, 1.54) is 7.11 Å². The van der Waals surface area contributed by atoms with Gasteiger partial charge in [0.15, 0.2) is 0 Å². The zero-order valence-corrected chi connectivity index (χ0v) is 12.1. The molecule has 4 nitrogen and oxygen atoms in total. The van der Waals surface area contributed by atoms with Crippen molar-refractivity contribution in [2.75, 3.05) is 12.4 Å². The first-order valence-corrected chi connectivity index (χ1v) is 6.63. The normalized spacial score (nSPS) is 17.1. The van der Waals surface area contributed by atoms with Gasteiger partial charge in [0, 0.05) is 22.3 Å². The van der Waals surface area contributed by atoms with Crippen LogP contribution in [0.25, 0.3) is 5.70 Å². The van der Waals surface area contributed by atoms with Gasteiger partial charge in [-0.05, 0) is 24.6 Å². The van der Waals surface area contributed by atoms with Gasteiger partial charge in [-0.2, -0.15) is 0 Å². The lowest BCUT2D eigenvalue weighted by Gasteiger charge is -2.26. The number of hydrogen-bond donors (Lipinski definition) is 2. The number of halogens is 2. The first-order valence-electron chi connectivity index (χ1n) is 5.88. The fraction of sp³-hybridized carbons (Fsp3) is 0.308. The van der Waals surface area contributed by atoms with Crippen LogP contribution in [0.5, 0.6) is 0 Å². The molecule has 2 N–H and O–H groups in total. The van der Waals surface area contributed by atoms with Gasteiger partial charge in [0.05, 0.1) is 17.8 Å². The summed E-state index contributed by atoms with van der Waals surface area (Å²) >= 11 is 12.2. The Hall–Kier alpha value is -1.39. The summed E-state index contributed by atoms with van der Waals surface area (Å²) in [4.78, 5) is 11.4. The van der Waals surface area contributed by atoms with Crippen molar-refractivity contribution < 1.29 is 9.53 Å². The van der Waals surface area contributed by atoms with E-state index in [9.17, 15) is 4.79 Å². The van der Waals surface area contributed by atoms with Crippen molar-refractivity contribution in [3.8, 4) is 0 Å². The molecule has 19 heavy (non-hydrogen) atoms. The average molecular weight is 301 g/mol. The van der Waals surface area contributed by atoms with Crippen LogP contribution in [0, 0.1) is 0 Å². The number of anilines is 1. The van der Waals surface area contributed by atoms with Crippen molar-refractivity contribution in [2.24, 2.45) is 0 Å². The fourth-order valence-corrected chi connectivity index (χ4v) is 2.57. The minimum absolute atomic E-state index is 0.106. The number of alkyl carbamates (subject to hydrolysis) is 1. The van der Waals surface area contributed by atoms with E-state index in [2.05, 4.69) is 15.4 Å². The number of carbonyl (C=O) groups is 1. The minimum atomic E-state index is -0.528. The predicted molar refractivity (Wildman–Crippen MR) is 77.7 cm³/mol. The highest BCUT2D eigenvalue weighted by molar-refractivity contribution is 6.36. The van der Waals surface area contributed by atoms with Gasteiger partial charge in [-0.15, -0.1) is 0 Å². The second-order valence-corrected chi connectivity index (χ2v) is 5.01. The number of methoxy groups -OCH3 is 1. The summed E-state index contributed by atoms with van der Waals surface area (Å²) in [7, 11) is 1.32. The van der Waals surface area contributed by atoms with Crippen molar-refractivity contribution in [1.82, 2.24) is 5.32 Å². The number of carbonyl (C=O) groups excluding carboxylic acids is 1. The fourth-order valence-electron chi connectivity index (χ4n) is 1.97. The molecular formula is C13H14Cl2N2O2. The molecule has 0 fully saturated rings. The summed E-state index contributed by atoms with van der Waals surface area (Å²) in [6, 6.07) is 3.54. The van der Waals surface area contributed by atoms with Gasteiger partial charge in [0.1, 0.15) is 0 Å². The number of hydrogen-bond acceptors (Lipinski definition) is 3. The van der Waals surface area contributed by atoms with Crippen molar-refractivity contribution in [3.05, 3.63) is 33.8 Å². The Bertz CT molecular complexity index is 544. The summed E-state index contributed by atoms with van der Waals surface area (Å²) in [5.74, 6) is 0. The molecular weight excluding hydrogens is 287 g/mol. The third-order valence-corrected chi connectivity index (χ3v) is 3.41. The molecule has 0 unspecified atom stereocenters. The van der Waals surface area contributed by atoms with Crippen molar-refractivity contribution >= 4 is 40.7 Å². The summed E-state index contributed by atoms with van der Waals surface area (Å²) in [6.45, 7) is 2.04. The Morgan fingerprint density at radius 1 is 1.47 bits per heavy atom. The first-order chi connectivity index (χ1) is 9.05. The van der Waals surface area contributed by atoms with Gasteiger partial charge < -0.3 is 10.1 Å². The summed E-state index contributed by atoms with van der Waals surface area (Å²) in [6.07, 6.45) is 2.26. The molecule has 0 saturated carbocycles. The smallest absolute Gasteiger partial charge is 0.411 e. The molecule has 6 heteroatoms. The van der Waals surface area contributed by atoms with Crippen LogP contribution in [0.2, 0.25) is 10.0 Å². The molecule has 1 atom stereocenters. The van der Waals surface area contributed by atoms with E-state index >= 15 is 0 Å². The van der Waals surface area contributed by atoms with E-state index in [1.807, 2.05) is 13.0 Å². The van der Waals surface area contributed by atoms with E-state index in [-0.39, 0.29) is 6.04 Å². The Balaban J connectivity index is 2.46. The van der Waals surface area contributed by atoms with E-state index < -0.39 is 6.09 Å². The zero-order chi connectivity index (χ0) is 14.0. The topological polar surface area (TPSA) is 50.4 Å². The molecule has 1 heterocycles. The highest BCUT2D eigenvalue weighted by Gasteiger charge is 2.22. The maximum Gasteiger partial charge on any atom is 0.411 e. The number of fused-ring (bicyclic) bond motifs is 1. The molecule has 1 aromatic rings. The van der Waals surface area contributed by atoms with Crippen LogP contribution >= 0.6 is 23.2 Å². The molecule has 1 aliphatic heterocycles. The lowest BCUT2D eigenvalue weighted by molar-refractivity contribution is 0.176. The Morgan fingerprint density at radius 2 is 2.21 bits per heavy atom. The Kier molecular flexibility index (Phi) is 4.22. The summed E-state index contributed by atoms with van der Waals surface area (Å²) in [5.41, 5.74) is 2.16. The second kappa shape index (κ2) is 5.72. The maximum absolute atomic E-state index is 11.4. The van der Waals surface area contributed by atoms with Crippen molar-refractivity contribution in [3.63, 3.8) is 0 Å². The van der Waals surface area contributed by atoms with E-state index in [0.717, 1.165) is 17.7 Å². The molecule has 0 radical (unpaired) electrons. The zero-order valence-electron chi connectivity index (χ0n) is 10.6. The van der Waals surface area contributed by atoms with E-state index in [4.69, 9.17) is 23.2 Å². The lowest BCUT2D eigenvalue weighted by Crippen LogP contribution is -2.29. The molecule has 1 amide bonds. The van der Waals surface area contributed by atoms with Crippen molar-refractivity contribution in [2.45, 2.75) is 19.4 Å². The van der Waals surface area contributed by atoms with Gasteiger partial charge >= 0.3 is 6.09 Å². The minimum Gasteiger partial charge on any atom is -0.453 e. The molecule has 0 aliphatic carbocycles. The highest BCUT2D eigenvalue weighted by Crippen LogP contribution is 2.37. The third kappa shape index (κ3) is 2.96. The molecule has 0 saturated heterocycles. The van der Waals surface area contributed by atoms with Crippen molar-refractivity contribution in [1.29, 1.82) is 0 Å². The Morgan fingerprint density at radius 3 is 2.84 bits per heavy atom. The van der Waals surface area contributed by atoms with Crippen LogP contribution in [0.4, 0.5) is 10.5 Å². The van der Waals surface area contributed by atoms with Crippen LogP contribution in [-0.4, -0.2) is 19.2 Å². The van der Waals surface area contributed by atoms with Gasteiger partial charge in [0.2, 0.25) is 0 Å². The van der Waals surface area contributed by atoms with E-state index in [1.54, 1.807) is 12.1 Å². The molecule has 0 aromatic heterocycles. The maximum atomic E-state index is 11.4. The number of rotatable bonds is 2. The van der Waals surface area contributed by atoms with Gasteiger partial charge in [0.25, 0.3) is 0 Å². The standard InChI is InChI=1S/C13H14Cl2N2O2/c1-3-8-6-11(17-13(18)19-2)12-9(15)4-7(14)5-10(12)16-8/h4-6,8,16H,3H2,1-2H3,(H,17,18)/t8-/m0/s1. The number of ether oxygens (including phenoxy) is 1. The molecule has 2 rings (SSSR count). The number of nitrogens with one attached hydrogen (secondary N) is 2. The molecule has 0 bridgehead atoms. The van der Waals surface area contributed by atoms with Crippen LogP contribution < -0.4 is 10.6 Å². The van der Waals surface area contributed by atoms with Gasteiger partial charge in [-0.25, -0.2) is 4.79 Å². The predicted octanol–water partition coefficient (Wildman–Crippen LogP) is 3.89. The third-order valence-electron chi connectivity index (χ3n) is 2.90.